The second-order valence-corrected chi connectivity index (χ2v) is 5.77. The highest BCUT2D eigenvalue weighted by atomic mass is 16.5. The summed E-state index contributed by atoms with van der Waals surface area (Å²) in [5, 5.41) is 9.18. The molecule has 5 nitrogen and oxygen atoms in total. The van der Waals surface area contributed by atoms with Crippen molar-refractivity contribution in [2.45, 2.75) is 37.8 Å². The lowest BCUT2D eigenvalue weighted by Gasteiger charge is -2.34. The Balaban J connectivity index is 1.55. The lowest BCUT2D eigenvalue weighted by atomic mass is 10.0. The fraction of sp³-hybridized carbons (Fsp3) is 0.667. The van der Waals surface area contributed by atoms with Gasteiger partial charge >= 0.3 is 5.97 Å². The largest absolute Gasteiger partial charge is 0.477 e. The summed E-state index contributed by atoms with van der Waals surface area (Å²) in [5.41, 5.74) is 0.405. The average Bonchev–Trinajstić information content (AvgIpc) is 3.10. The molecule has 3 heterocycles. The molecular formula is C15H22N2O3. The number of nitrogens with zero attached hydrogens (tertiary/aromatic N) is 2. The van der Waals surface area contributed by atoms with Gasteiger partial charge in [-0.15, -0.1) is 0 Å². The fourth-order valence-electron chi connectivity index (χ4n) is 3.35. The highest BCUT2D eigenvalue weighted by Gasteiger charge is 2.26. The Hall–Kier alpha value is -1.33. The summed E-state index contributed by atoms with van der Waals surface area (Å²) in [5.74, 6) is -0.836. The van der Waals surface area contributed by atoms with Crippen LogP contribution in [0.3, 0.4) is 0 Å². The second kappa shape index (κ2) is 5.97. The van der Waals surface area contributed by atoms with Crippen molar-refractivity contribution >= 4 is 5.97 Å². The second-order valence-electron chi connectivity index (χ2n) is 5.77. The van der Waals surface area contributed by atoms with Gasteiger partial charge in [0.1, 0.15) is 5.69 Å². The first kappa shape index (κ1) is 13.6. The zero-order valence-corrected chi connectivity index (χ0v) is 11.7. The van der Waals surface area contributed by atoms with Crippen LogP contribution in [0.15, 0.2) is 18.3 Å². The first-order valence-electron chi connectivity index (χ1n) is 7.48. The van der Waals surface area contributed by atoms with Gasteiger partial charge in [0.2, 0.25) is 0 Å². The third kappa shape index (κ3) is 2.88. The van der Waals surface area contributed by atoms with Crippen LogP contribution in [0.5, 0.6) is 0 Å². The maximum atomic E-state index is 11.2. The number of carboxylic acid groups (broad SMARTS) is 1. The van der Waals surface area contributed by atoms with Crippen LogP contribution in [0.25, 0.3) is 0 Å². The highest BCUT2D eigenvalue weighted by molar-refractivity contribution is 5.85. The number of hydrogen-bond acceptors (Lipinski definition) is 3. The van der Waals surface area contributed by atoms with Crippen molar-refractivity contribution in [3.8, 4) is 0 Å². The van der Waals surface area contributed by atoms with Crippen LogP contribution in [0.1, 0.15) is 42.2 Å². The van der Waals surface area contributed by atoms with Crippen LogP contribution in [0, 0.1) is 0 Å². The summed E-state index contributed by atoms with van der Waals surface area (Å²) >= 11 is 0. The zero-order valence-electron chi connectivity index (χ0n) is 11.7. The van der Waals surface area contributed by atoms with Crippen molar-refractivity contribution in [3.05, 3.63) is 24.0 Å². The summed E-state index contributed by atoms with van der Waals surface area (Å²) < 4.78 is 7.60. The smallest absolute Gasteiger partial charge is 0.352 e. The van der Waals surface area contributed by atoms with Crippen molar-refractivity contribution in [2.75, 3.05) is 26.2 Å². The van der Waals surface area contributed by atoms with Gasteiger partial charge in [-0.25, -0.2) is 4.79 Å². The average molecular weight is 278 g/mol. The molecule has 0 bridgehead atoms. The minimum absolute atomic E-state index is 0.317. The number of aromatic carboxylic acids is 1. The summed E-state index contributed by atoms with van der Waals surface area (Å²) in [7, 11) is 0. The van der Waals surface area contributed by atoms with E-state index in [1.54, 1.807) is 6.07 Å². The van der Waals surface area contributed by atoms with Crippen LogP contribution in [0.2, 0.25) is 0 Å². The number of ether oxygens (including phenoxy) is 1. The Labute approximate surface area is 119 Å². The predicted molar refractivity (Wildman–Crippen MR) is 75.1 cm³/mol. The molecule has 0 saturated carbocycles. The molecule has 0 aromatic carbocycles. The van der Waals surface area contributed by atoms with E-state index in [2.05, 4.69) is 4.90 Å². The maximum Gasteiger partial charge on any atom is 0.352 e. The molecule has 3 rings (SSSR count). The van der Waals surface area contributed by atoms with Gasteiger partial charge in [-0.05, 0) is 37.8 Å². The Morgan fingerprint density at radius 1 is 1.35 bits per heavy atom. The monoisotopic (exact) mass is 278 g/mol. The van der Waals surface area contributed by atoms with Gasteiger partial charge in [0.25, 0.3) is 0 Å². The van der Waals surface area contributed by atoms with E-state index in [9.17, 15) is 9.90 Å². The van der Waals surface area contributed by atoms with Crippen molar-refractivity contribution in [1.29, 1.82) is 0 Å². The van der Waals surface area contributed by atoms with Gasteiger partial charge < -0.3 is 19.3 Å². The van der Waals surface area contributed by atoms with Crippen LogP contribution >= 0.6 is 0 Å². The van der Waals surface area contributed by atoms with Crippen LogP contribution < -0.4 is 0 Å². The van der Waals surface area contributed by atoms with Crippen LogP contribution in [-0.4, -0.2) is 52.9 Å². The summed E-state index contributed by atoms with van der Waals surface area (Å²) in [4.78, 5) is 13.6. The molecule has 0 amide bonds. The van der Waals surface area contributed by atoms with E-state index < -0.39 is 5.97 Å². The first-order chi connectivity index (χ1) is 9.74. The Bertz CT molecular complexity index is 457. The summed E-state index contributed by atoms with van der Waals surface area (Å²) in [6.07, 6.45) is 6.70. The van der Waals surface area contributed by atoms with E-state index in [0.29, 0.717) is 17.8 Å². The molecule has 110 valence electrons. The third-order valence-electron chi connectivity index (χ3n) is 4.43. The lowest BCUT2D eigenvalue weighted by Crippen LogP contribution is -2.39. The number of likely N-dealkylation sites (tertiary alicyclic amines) is 1. The van der Waals surface area contributed by atoms with E-state index in [4.69, 9.17) is 4.74 Å². The lowest BCUT2D eigenvalue weighted by molar-refractivity contribution is 0.0592. The predicted octanol–water partition coefficient (Wildman–Crippen LogP) is 2.00. The SMILES string of the molecule is O=C(O)c1cccn1C1CCN(CC2CCCO2)CC1. The van der Waals surface area contributed by atoms with E-state index in [-0.39, 0.29) is 0 Å². The van der Waals surface area contributed by atoms with Crippen LogP contribution in [-0.2, 0) is 4.74 Å². The summed E-state index contributed by atoms with van der Waals surface area (Å²) in [6, 6.07) is 3.82. The van der Waals surface area contributed by atoms with Crippen molar-refractivity contribution < 1.29 is 14.6 Å². The molecule has 5 heteroatoms. The van der Waals surface area contributed by atoms with E-state index >= 15 is 0 Å². The number of piperidine rings is 1. The molecule has 1 unspecified atom stereocenters. The van der Waals surface area contributed by atoms with Gasteiger partial charge in [-0.2, -0.15) is 0 Å². The molecule has 1 aromatic heterocycles. The molecule has 0 aliphatic carbocycles. The molecule has 20 heavy (non-hydrogen) atoms. The zero-order chi connectivity index (χ0) is 13.9. The van der Waals surface area contributed by atoms with Gasteiger partial charge in [-0.3, -0.25) is 0 Å². The molecular weight excluding hydrogens is 256 g/mol. The molecule has 2 aliphatic rings. The number of rotatable bonds is 4. The molecule has 2 saturated heterocycles. The Kier molecular flexibility index (Phi) is 4.08. The molecule has 1 N–H and O–H groups in total. The Morgan fingerprint density at radius 2 is 2.15 bits per heavy atom. The fourth-order valence-corrected chi connectivity index (χ4v) is 3.35. The standard InChI is InChI=1S/C15H22N2O3/c18-15(19)14-4-1-7-17(14)12-5-8-16(9-6-12)11-13-3-2-10-20-13/h1,4,7,12-13H,2-3,5-6,8-11H2,(H,18,19). The van der Waals surface area contributed by atoms with E-state index in [1.165, 1.54) is 12.8 Å². The molecule has 0 radical (unpaired) electrons. The molecule has 2 fully saturated rings. The number of carboxylic acids is 1. The van der Waals surface area contributed by atoms with E-state index in [0.717, 1.165) is 39.1 Å². The maximum absolute atomic E-state index is 11.2. The minimum atomic E-state index is -0.836. The van der Waals surface area contributed by atoms with Gasteiger partial charge in [0.05, 0.1) is 6.10 Å². The van der Waals surface area contributed by atoms with Gasteiger partial charge in [-0.1, -0.05) is 0 Å². The normalized spacial score (nSPS) is 25.1. The van der Waals surface area contributed by atoms with E-state index in [1.807, 2.05) is 16.8 Å². The topological polar surface area (TPSA) is 54.7 Å². The number of aromatic nitrogens is 1. The van der Waals surface area contributed by atoms with Crippen molar-refractivity contribution in [3.63, 3.8) is 0 Å². The van der Waals surface area contributed by atoms with Crippen LogP contribution in [0.4, 0.5) is 0 Å². The first-order valence-corrected chi connectivity index (χ1v) is 7.48. The Morgan fingerprint density at radius 3 is 2.80 bits per heavy atom. The van der Waals surface area contributed by atoms with Gasteiger partial charge in [0, 0.05) is 38.5 Å². The van der Waals surface area contributed by atoms with Crippen molar-refractivity contribution in [2.24, 2.45) is 0 Å². The molecule has 1 atom stereocenters. The quantitative estimate of drug-likeness (QED) is 0.915. The summed E-state index contributed by atoms with van der Waals surface area (Å²) in [6.45, 7) is 4.00. The van der Waals surface area contributed by atoms with Crippen molar-refractivity contribution in [1.82, 2.24) is 9.47 Å². The molecule has 0 spiro atoms. The third-order valence-corrected chi connectivity index (χ3v) is 4.43. The molecule has 1 aromatic rings. The minimum Gasteiger partial charge on any atom is -0.477 e. The number of carbonyl (C=O) groups is 1. The highest BCUT2D eigenvalue weighted by Crippen LogP contribution is 2.25. The molecule has 2 aliphatic heterocycles. The number of hydrogen-bond donors (Lipinski definition) is 1. The van der Waals surface area contributed by atoms with Gasteiger partial charge in [0.15, 0.2) is 0 Å².